The second-order valence-electron chi connectivity index (χ2n) is 4.25. The summed E-state index contributed by atoms with van der Waals surface area (Å²) < 4.78 is 1.89. The molecule has 2 rings (SSSR count). The maximum absolute atomic E-state index is 10.8. The molecular formula is C10H16N4O2. The molecule has 1 aromatic rings. The highest BCUT2D eigenvalue weighted by molar-refractivity contribution is 5.70. The van der Waals surface area contributed by atoms with Gasteiger partial charge in [-0.2, -0.15) is 0 Å². The first-order valence-corrected chi connectivity index (χ1v) is 5.45. The van der Waals surface area contributed by atoms with E-state index >= 15 is 0 Å². The number of piperidine rings is 1. The number of hydrogen-bond donors (Lipinski definition) is 1. The predicted molar refractivity (Wildman–Crippen MR) is 56.6 cm³/mol. The van der Waals surface area contributed by atoms with Gasteiger partial charge in [0.2, 0.25) is 0 Å². The molecule has 1 fully saturated rings. The summed E-state index contributed by atoms with van der Waals surface area (Å²) in [5.74, 6) is 0.0860. The normalized spacial score (nSPS) is 18.8. The van der Waals surface area contributed by atoms with Crippen molar-refractivity contribution in [2.45, 2.75) is 19.4 Å². The van der Waals surface area contributed by atoms with Crippen molar-refractivity contribution in [1.29, 1.82) is 0 Å². The van der Waals surface area contributed by atoms with Gasteiger partial charge < -0.3 is 9.67 Å². The number of rotatable bonds is 3. The first-order valence-electron chi connectivity index (χ1n) is 5.45. The number of nitrogens with zero attached hydrogens (tertiary/aromatic N) is 4. The molecule has 6 heteroatoms. The minimum atomic E-state index is -0.668. The van der Waals surface area contributed by atoms with Crippen LogP contribution in [0.1, 0.15) is 18.7 Å². The lowest BCUT2D eigenvalue weighted by molar-refractivity contribution is -0.143. The van der Waals surface area contributed by atoms with Gasteiger partial charge >= 0.3 is 5.97 Å². The van der Waals surface area contributed by atoms with Crippen LogP contribution in [-0.4, -0.2) is 43.8 Å². The van der Waals surface area contributed by atoms with E-state index in [0.717, 1.165) is 38.3 Å². The molecule has 16 heavy (non-hydrogen) atoms. The summed E-state index contributed by atoms with van der Waals surface area (Å²) in [6.07, 6.45) is 3.14. The smallest absolute Gasteiger partial charge is 0.306 e. The Kier molecular flexibility index (Phi) is 3.19. The van der Waals surface area contributed by atoms with E-state index in [1.54, 1.807) is 6.33 Å². The quantitative estimate of drug-likeness (QED) is 0.789. The van der Waals surface area contributed by atoms with Crippen molar-refractivity contribution in [3.05, 3.63) is 12.2 Å². The van der Waals surface area contributed by atoms with Crippen molar-refractivity contribution in [3.8, 4) is 0 Å². The molecule has 1 aliphatic heterocycles. The average molecular weight is 224 g/mol. The van der Waals surface area contributed by atoms with Gasteiger partial charge in [0.25, 0.3) is 0 Å². The Labute approximate surface area is 93.9 Å². The zero-order valence-electron chi connectivity index (χ0n) is 9.33. The molecule has 1 saturated heterocycles. The summed E-state index contributed by atoms with van der Waals surface area (Å²) in [6, 6.07) is 0. The Morgan fingerprint density at radius 2 is 2.25 bits per heavy atom. The molecule has 88 valence electrons. The molecule has 0 saturated carbocycles. The minimum Gasteiger partial charge on any atom is -0.481 e. The van der Waals surface area contributed by atoms with Gasteiger partial charge in [-0.05, 0) is 25.9 Å². The maximum Gasteiger partial charge on any atom is 0.306 e. The second kappa shape index (κ2) is 4.61. The standard InChI is InChI=1S/C10H16N4O2/c1-13-7-11-12-9(13)6-14-4-2-8(3-5-14)10(15)16/h7-8H,2-6H2,1H3,(H,15,16). The summed E-state index contributed by atoms with van der Waals surface area (Å²) in [4.78, 5) is 13.0. The van der Waals surface area contributed by atoms with Crippen LogP contribution in [0.2, 0.25) is 0 Å². The first kappa shape index (κ1) is 11.1. The number of hydrogen-bond acceptors (Lipinski definition) is 4. The van der Waals surface area contributed by atoms with Gasteiger partial charge in [0, 0.05) is 7.05 Å². The molecular weight excluding hydrogens is 208 g/mol. The number of carboxylic acid groups (broad SMARTS) is 1. The largest absolute Gasteiger partial charge is 0.481 e. The Bertz CT molecular complexity index is 369. The summed E-state index contributed by atoms with van der Waals surface area (Å²) in [5.41, 5.74) is 0. The monoisotopic (exact) mass is 224 g/mol. The Morgan fingerprint density at radius 3 is 2.75 bits per heavy atom. The van der Waals surface area contributed by atoms with E-state index in [2.05, 4.69) is 15.1 Å². The van der Waals surface area contributed by atoms with Gasteiger partial charge in [-0.25, -0.2) is 0 Å². The van der Waals surface area contributed by atoms with Crippen LogP contribution in [0, 0.1) is 5.92 Å². The van der Waals surface area contributed by atoms with Gasteiger partial charge in [-0.15, -0.1) is 10.2 Å². The van der Waals surface area contributed by atoms with E-state index < -0.39 is 5.97 Å². The zero-order chi connectivity index (χ0) is 11.5. The van der Waals surface area contributed by atoms with Crippen LogP contribution in [0.5, 0.6) is 0 Å². The number of carboxylic acids is 1. The molecule has 1 aliphatic rings. The third kappa shape index (κ3) is 2.38. The molecule has 0 amide bonds. The van der Waals surface area contributed by atoms with E-state index in [-0.39, 0.29) is 5.92 Å². The number of aliphatic carboxylic acids is 1. The summed E-state index contributed by atoms with van der Waals surface area (Å²) in [6.45, 7) is 2.40. The van der Waals surface area contributed by atoms with Crippen molar-refractivity contribution < 1.29 is 9.90 Å². The van der Waals surface area contributed by atoms with Crippen LogP contribution in [0.25, 0.3) is 0 Å². The molecule has 0 spiro atoms. The Morgan fingerprint density at radius 1 is 1.56 bits per heavy atom. The molecule has 2 heterocycles. The van der Waals surface area contributed by atoms with Crippen LogP contribution >= 0.6 is 0 Å². The minimum absolute atomic E-state index is 0.171. The van der Waals surface area contributed by atoms with Crippen molar-refractivity contribution in [3.63, 3.8) is 0 Å². The fraction of sp³-hybridized carbons (Fsp3) is 0.700. The molecule has 0 unspecified atom stereocenters. The predicted octanol–water partition coefficient (Wildman–Crippen LogP) is 0.112. The van der Waals surface area contributed by atoms with E-state index in [1.807, 2.05) is 11.6 Å². The highest BCUT2D eigenvalue weighted by Crippen LogP contribution is 2.18. The van der Waals surface area contributed by atoms with Crippen LogP contribution in [0.15, 0.2) is 6.33 Å². The molecule has 6 nitrogen and oxygen atoms in total. The molecule has 0 radical (unpaired) electrons. The molecule has 0 aliphatic carbocycles. The van der Waals surface area contributed by atoms with Crippen molar-refractivity contribution in [1.82, 2.24) is 19.7 Å². The van der Waals surface area contributed by atoms with Crippen LogP contribution in [0.3, 0.4) is 0 Å². The summed E-state index contributed by atoms with van der Waals surface area (Å²) in [7, 11) is 1.92. The van der Waals surface area contributed by atoms with Gasteiger partial charge in [0.15, 0.2) is 0 Å². The van der Waals surface area contributed by atoms with Crippen LogP contribution in [0.4, 0.5) is 0 Å². The fourth-order valence-electron chi connectivity index (χ4n) is 1.99. The number of carbonyl (C=O) groups is 1. The summed E-state index contributed by atoms with van der Waals surface area (Å²) >= 11 is 0. The maximum atomic E-state index is 10.8. The van der Waals surface area contributed by atoms with E-state index in [9.17, 15) is 4.79 Å². The van der Waals surface area contributed by atoms with E-state index in [1.165, 1.54) is 0 Å². The van der Waals surface area contributed by atoms with Gasteiger partial charge in [-0.1, -0.05) is 0 Å². The number of aryl methyl sites for hydroxylation is 1. The topological polar surface area (TPSA) is 71.2 Å². The molecule has 0 aromatic carbocycles. The van der Waals surface area contributed by atoms with Gasteiger partial charge in [0.1, 0.15) is 12.2 Å². The van der Waals surface area contributed by atoms with E-state index in [0.29, 0.717) is 0 Å². The van der Waals surface area contributed by atoms with Crippen molar-refractivity contribution >= 4 is 5.97 Å². The lowest BCUT2D eigenvalue weighted by Gasteiger charge is -2.29. The third-order valence-corrected chi connectivity index (χ3v) is 3.11. The highest BCUT2D eigenvalue weighted by atomic mass is 16.4. The highest BCUT2D eigenvalue weighted by Gasteiger charge is 2.24. The molecule has 0 atom stereocenters. The zero-order valence-corrected chi connectivity index (χ0v) is 9.33. The molecule has 1 N–H and O–H groups in total. The van der Waals surface area contributed by atoms with Gasteiger partial charge in [0.05, 0.1) is 12.5 Å². The Hall–Kier alpha value is -1.43. The molecule has 0 bridgehead atoms. The first-order chi connectivity index (χ1) is 7.66. The van der Waals surface area contributed by atoms with Crippen LogP contribution in [-0.2, 0) is 18.4 Å². The SMILES string of the molecule is Cn1cnnc1CN1CCC(C(=O)O)CC1. The summed E-state index contributed by atoms with van der Waals surface area (Å²) in [5, 5.41) is 16.7. The van der Waals surface area contributed by atoms with Crippen molar-refractivity contribution in [2.75, 3.05) is 13.1 Å². The molecule has 1 aromatic heterocycles. The Balaban J connectivity index is 1.86. The van der Waals surface area contributed by atoms with Crippen molar-refractivity contribution in [2.24, 2.45) is 13.0 Å². The number of likely N-dealkylation sites (tertiary alicyclic amines) is 1. The second-order valence-corrected chi connectivity index (χ2v) is 4.25. The van der Waals surface area contributed by atoms with E-state index in [4.69, 9.17) is 5.11 Å². The third-order valence-electron chi connectivity index (χ3n) is 3.11. The van der Waals surface area contributed by atoms with Gasteiger partial charge in [-0.3, -0.25) is 9.69 Å². The lowest BCUT2D eigenvalue weighted by Crippen LogP contribution is -2.36. The number of aromatic nitrogens is 3. The fourth-order valence-corrected chi connectivity index (χ4v) is 1.99. The lowest BCUT2D eigenvalue weighted by atomic mass is 9.97. The van der Waals surface area contributed by atoms with Crippen LogP contribution < -0.4 is 0 Å². The average Bonchev–Trinajstić information content (AvgIpc) is 2.65.